The van der Waals surface area contributed by atoms with Crippen LogP contribution in [0.3, 0.4) is 0 Å². The summed E-state index contributed by atoms with van der Waals surface area (Å²) < 4.78 is 12.2. The van der Waals surface area contributed by atoms with E-state index < -0.39 is 5.54 Å². The molecule has 0 aliphatic carbocycles. The van der Waals surface area contributed by atoms with Gasteiger partial charge in [0.2, 0.25) is 0 Å². The first-order chi connectivity index (χ1) is 9.93. The van der Waals surface area contributed by atoms with E-state index in [1.807, 2.05) is 38.4 Å². The van der Waals surface area contributed by atoms with Crippen LogP contribution >= 0.6 is 0 Å². The van der Waals surface area contributed by atoms with Gasteiger partial charge in [0.15, 0.2) is 11.5 Å². The van der Waals surface area contributed by atoms with Gasteiger partial charge in [0.1, 0.15) is 0 Å². The second-order valence-corrected chi connectivity index (χ2v) is 5.58. The average Bonchev–Trinajstić information content (AvgIpc) is 2.82. The maximum Gasteiger partial charge on any atom is 0.160 e. The fraction of sp³-hybridized carbons (Fsp3) is 0.467. The van der Waals surface area contributed by atoms with Gasteiger partial charge in [0.25, 0.3) is 0 Å². The van der Waals surface area contributed by atoms with E-state index in [0.29, 0.717) is 24.3 Å². The van der Waals surface area contributed by atoms with Gasteiger partial charge in [-0.05, 0) is 31.0 Å². The second-order valence-electron chi connectivity index (χ2n) is 5.58. The zero-order valence-electron chi connectivity index (χ0n) is 13.0. The van der Waals surface area contributed by atoms with Crippen LogP contribution in [0.2, 0.25) is 0 Å². The van der Waals surface area contributed by atoms with E-state index in [4.69, 9.17) is 15.2 Å². The van der Waals surface area contributed by atoms with Crippen LogP contribution in [0.25, 0.3) is 0 Å². The maximum atomic E-state index is 6.40. The Morgan fingerprint density at radius 1 is 1.19 bits per heavy atom. The fourth-order valence-electron chi connectivity index (χ4n) is 2.41. The molecule has 2 N–H and O–H groups in total. The predicted octanol–water partition coefficient (Wildman–Crippen LogP) is 1.33. The first-order valence-electron chi connectivity index (χ1n) is 6.78. The summed E-state index contributed by atoms with van der Waals surface area (Å²) in [6.45, 7) is 2.01. The van der Waals surface area contributed by atoms with Crippen LogP contribution in [0.5, 0.6) is 11.5 Å². The number of hydrogen-bond acceptors (Lipinski definition) is 5. The SMILES string of the molecule is COc1ccc(CC(C)(N)Cc2cn(C)nn2)cc1OC. The van der Waals surface area contributed by atoms with Gasteiger partial charge >= 0.3 is 0 Å². The van der Waals surface area contributed by atoms with Gasteiger partial charge in [-0.15, -0.1) is 5.10 Å². The van der Waals surface area contributed by atoms with Gasteiger partial charge in [-0.1, -0.05) is 11.3 Å². The highest BCUT2D eigenvalue weighted by Crippen LogP contribution is 2.29. The molecule has 0 radical (unpaired) electrons. The molecule has 1 atom stereocenters. The number of rotatable bonds is 6. The van der Waals surface area contributed by atoms with Gasteiger partial charge in [-0.2, -0.15) is 0 Å². The third kappa shape index (κ3) is 3.95. The minimum absolute atomic E-state index is 0.407. The molecule has 0 amide bonds. The number of ether oxygens (including phenoxy) is 2. The first-order valence-corrected chi connectivity index (χ1v) is 6.78. The van der Waals surface area contributed by atoms with Crippen molar-refractivity contribution in [2.24, 2.45) is 12.8 Å². The van der Waals surface area contributed by atoms with Gasteiger partial charge in [0.05, 0.1) is 19.9 Å². The van der Waals surface area contributed by atoms with Crippen LogP contribution in [0, 0.1) is 0 Å². The van der Waals surface area contributed by atoms with E-state index in [1.54, 1.807) is 18.9 Å². The Morgan fingerprint density at radius 2 is 1.90 bits per heavy atom. The molecular weight excluding hydrogens is 268 g/mol. The van der Waals surface area contributed by atoms with Gasteiger partial charge in [0, 0.05) is 25.2 Å². The molecule has 0 fully saturated rings. The number of methoxy groups -OCH3 is 2. The van der Waals surface area contributed by atoms with E-state index in [-0.39, 0.29) is 0 Å². The lowest BCUT2D eigenvalue weighted by Gasteiger charge is -2.24. The van der Waals surface area contributed by atoms with Crippen molar-refractivity contribution in [3.8, 4) is 11.5 Å². The Hall–Kier alpha value is -2.08. The highest BCUT2D eigenvalue weighted by molar-refractivity contribution is 5.43. The average molecular weight is 290 g/mol. The minimum atomic E-state index is -0.407. The zero-order chi connectivity index (χ0) is 15.5. The smallest absolute Gasteiger partial charge is 0.160 e. The number of aromatic nitrogens is 3. The van der Waals surface area contributed by atoms with Crippen LogP contribution in [-0.2, 0) is 19.9 Å². The monoisotopic (exact) mass is 290 g/mol. The van der Waals surface area contributed by atoms with Crippen LogP contribution in [-0.4, -0.2) is 34.8 Å². The Bertz CT molecular complexity index is 607. The third-order valence-corrected chi connectivity index (χ3v) is 3.29. The van der Waals surface area contributed by atoms with Crippen molar-refractivity contribution < 1.29 is 9.47 Å². The molecule has 0 aliphatic rings. The van der Waals surface area contributed by atoms with Gasteiger partial charge in [-0.25, -0.2) is 0 Å². The van der Waals surface area contributed by atoms with E-state index in [2.05, 4.69) is 10.3 Å². The summed E-state index contributed by atoms with van der Waals surface area (Å²) >= 11 is 0. The van der Waals surface area contributed by atoms with Gasteiger partial charge in [-0.3, -0.25) is 4.68 Å². The molecule has 2 rings (SSSR count). The van der Waals surface area contributed by atoms with Crippen molar-refractivity contribution in [3.05, 3.63) is 35.7 Å². The molecule has 1 aromatic carbocycles. The van der Waals surface area contributed by atoms with Crippen LogP contribution in [0.15, 0.2) is 24.4 Å². The maximum absolute atomic E-state index is 6.40. The van der Waals surface area contributed by atoms with Crippen LogP contribution in [0.1, 0.15) is 18.2 Å². The quantitative estimate of drug-likeness (QED) is 0.869. The Balaban J connectivity index is 2.12. The highest BCUT2D eigenvalue weighted by atomic mass is 16.5. The summed E-state index contributed by atoms with van der Waals surface area (Å²) in [7, 11) is 5.10. The molecule has 0 spiro atoms. The summed E-state index contributed by atoms with van der Waals surface area (Å²) in [5.74, 6) is 1.43. The van der Waals surface area contributed by atoms with E-state index >= 15 is 0 Å². The molecule has 1 heterocycles. The third-order valence-electron chi connectivity index (χ3n) is 3.29. The number of hydrogen-bond donors (Lipinski definition) is 1. The lowest BCUT2D eigenvalue weighted by Crippen LogP contribution is -2.41. The molecule has 1 unspecified atom stereocenters. The number of benzene rings is 1. The Labute approximate surface area is 124 Å². The van der Waals surface area contributed by atoms with E-state index in [1.165, 1.54) is 0 Å². The van der Waals surface area contributed by atoms with Crippen molar-refractivity contribution in [1.82, 2.24) is 15.0 Å². The molecule has 6 heteroatoms. The number of nitrogens with zero attached hydrogens (tertiary/aromatic N) is 3. The molecular formula is C15H22N4O2. The standard InChI is InChI=1S/C15H22N4O2/c1-15(16,9-12-10-19(2)18-17-12)8-11-5-6-13(20-3)14(7-11)21-4/h5-7,10H,8-9,16H2,1-4H3. The molecule has 6 nitrogen and oxygen atoms in total. The summed E-state index contributed by atoms with van der Waals surface area (Å²) in [5, 5.41) is 8.02. The highest BCUT2D eigenvalue weighted by Gasteiger charge is 2.22. The second kappa shape index (κ2) is 6.13. The van der Waals surface area contributed by atoms with Crippen molar-refractivity contribution in [2.75, 3.05) is 14.2 Å². The lowest BCUT2D eigenvalue weighted by atomic mass is 9.89. The lowest BCUT2D eigenvalue weighted by molar-refractivity contribution is 0.354. The summed E-state index contributed by atoms with van der Waals surface area (Å²) in [6.07, 6.45) is 3.26. The summed E-state index contributed by atoms with van der Waals surface area (Å²) in [5.41, 5.74) is 7.99. The molecule has 1 aromatic heterocycles. The molecule has 0 bridgehead atoms. The fourth-order valence-corrected chi connectivity index (χ4v) is 2.41. The van der Waals surface area contributed by atoms with E-state index in [9.17, 15) is 0 Å². The zero-order valence-corrected chi connectivity index (χ0v) is 13.0. The van der Waals surface area contributed by atoms with E-state index in [0.717, 1.165) is 11.3 Å². The summed E-state index contributed by atoms with van der Waals surface area (Å²) in [4.78, 5) is 0. The summed E-state index contributed by atoms with van der Waals surface area (Å²) in [6, 6.07) is 5.86. The predicted molar refractivity (Wildman–Crippen MR) is 80.5 cm³/mol. The molecule has 21 heavy (non-hydrogen) atoms. The normalized spacial score (nSPS) is 13.8. The van der Waals surface area contributed by atoms with Crippen molar-refractivity contribution in [2.45, 2.75) is 25.3 Å². The number of aryl methyl sites for hydroxylation is 1. The Morgan fingerprint density at radius 3 is 2.48 bits per heavy atom. The minimum Gasteiger partial charge on any atom is -0.493 e. The van der Waals surface area contributed by atoms with Crippen LogP contribution in [0.4, 0.5) is 0 Å². The molecule has 2 aromatic rings. The molecule has 0 saturated heterocycles. The van der Waals surface area contributed by atoms with Gasteiger partial charge < -0.3 is 15.2 Å². The topological polar surface area (TPSA) is 75.2 Å². The molecule has 0 aliphatic heterocycles. The molecule has 114 valence electrons. The van der Waals surface area contributed by atoms with Crippen molar-refractivity contribution >= 4 is 0 Å². The largest absolute Gasteiger partial charge is 0.493 e. The molecule has 0 saturated carbocycles. The number of nitrogens with two attached hydrogens (primary N) is 1. The van der Waals surface area contributed by atoms with Crippen molar-refractivity contribution in [1.29, 1.82) is 0 Å². The first kappa shape index (κ1) is 15.3. The van der Waals surface area contributed by atoms with Crippen LogP contribution < -0.4 is 15.2 Å². The van der Waals surface area contributed by atoms with Crippen molar-refractivity contribution in [3.63, 3.8) is 0 Å². The Kier molecular flexibility index (Phi) is 4.47.